The Kier molecular flexibility index (Phi) is 17.3. The lowest BCUT2D eigenvalue weighted by Crippen LogP contribution is -2.12. The Morgan fingerprint density at radius 3 is 0.973 bits per heavy atom. The number of hydrogen-bond acceptors (Lipinski definition) is 0. The molecule has 0 amide bonds. The minimum absolute atomic E-state index is 0.197. The Hall–Kier alpha value is -10.9. The van der Waals surface area contributed by atoms with Crippen molar-refractivity contribution in [3.8, 4) is 77.9 Å². The predicted molar refractivity (Wildman–Crippen MR) is 495 cm³/mol. The minimum atomic E-state index is -3.28. The Morgan fingerprint density at radius 1 is 0.223 bits per heavy atom. The molecule has 0 radical (unpaired) electrons. The summed E-state index contributed by atoms with van der Waals surface area (Å²) < 4.78 is 296. The molecule has 14 rings (SSSR count). The standard InChI is InChI=1S/C19H24.3C17H20.3C14H14/c1-13(2)18-11-17(16-9-7-6-8-10-16)12-19(14(3)4)15(18)5;1-13-10-15(14-8-6-5-7-9-14)12-16(11-13)17(2,3)4;1-13-12-15(14-8-6-5-7-9-14)10-11-16(13)17(2,3)4;1-13-10-11-16(17(2,3)4)15(12-13)14-8-6-5-7-9-14;1-11-8-12(2)10-14(9-11)13-6-4-3-5-7-13;1-11-8-9-14(10-12(11)2)13-6-4-3-5-7-13;1-11-8-9-12(2)14(10-11)13-6-4-3-5-7-13/h6-14H,1-5H3;3*5-12H,1-4H3;3*3-10H,1-2H3/i13D,14D;3*2D3,3D3,4D3;2*1D3;2D3. The van der Waals surface area contributed by atoms with Gasteiger partial charge < -0.3 is 0 Å². The third-order valence-corrected chi connectivity index (χ3v) is 18.4. The summed E-state index contributed by atoms with van der Waals surface area (Å²) in [6.07, 6.45) is 0. The van der Waals surface area contributed by atoms with Crippen molar-refractivity contribution in [3.63, 3.8) is 0 Å². The fourth-order valence-electron chi connectivity index (χ4n) is 12.7. The first kappa shape index (κ1) is 47.4. The van der Waals surface area contributed by atoms with Gasteiger partial charge in [0.15, 0.2) is 0 Å². The van der Waals surface area contributed by atoms with E-state index in [-0.39, 0.29) is 16.7 Å². The van der Waals surface area contributed by atoms with Crippen molar-refractivity contribution in [1.82, 2.24) is 0 Å². The van der Waals surface area contributed by atoms with Gasteiger partial charge in [0.05, 0.1) is 0 Å². The van der Waals surface area contributed by atoms with E-state index < -0.39 is 110 Å². The molecule has 14 aromatic carbocycles. The highest BCUT2D eigenvalue weighted by Gasteiger charge is 2.20. The zero-order chi connectivity index (χ0) is 113. The van der Waals surface area contributed by atoms with Gasteiger partial charge in [0.1, 0.15) is 0 Å². The monoisotopic (exact) mass is 1510 g/mol. The molecule has 0 saturated carbocycles. The van der Waals surface area contributed by atoms with Crippen LogP contribution in [0.2, 0.25) is 0 Å². The molecule has 0 bridgehead atoms. The van der Waals surface area contributed by atoms with Crippen molar-refractivity contribution in [3.05, 3.63) is 417 Å². The molecule has 0 fully saturated rings. The van der Waals surface area contributed by atoms with Crippen LogP contribution in [-0.4, -0.2) is 0 Å². The molecule has 0 nitrogen and oxygen atoms in total. The van der Waals surface area contributed by atoms with E-state index >= 15 is 0 Å². The summed E-state index contributed by atoms with van der Waals surface area (Å²) in [6.45, 7) is -15.1. The highest BCUT2D eigenvalue weighted by molar-refractivity contribution is 5.72. The third-order valence-electron chi connectivity index (χ3n) is 18.4. The van der Waals surface area contributed by atoms with Gasteiger partial charge in [-0.3, -0.25) is 0 Å². The summed E-state index contributed by atoms with van der Waals surface area (Å²) in [4.78, 5) is 0. The normalized spacial score (nSPS) is 17.5. The zero-order valence-corrected chi connectivity index (χ0v) is 65.8. The first-order chi connectivity index (χ1) is 68.7. The first-order valence-electron chi connectivity index (χ1n) is 55.9. The highest BCUT2D eigenvalue weighted by atomic mass is 14.2. The van der Waals surface area contributed by atoms with E-state index in [1.54, 1.807) is 130 Å². The van der Waals surface area contributed by atoms with E-state index in [1.165, 1.54) is 24.3 Å². The summed E-state index contributed by atoms with van der Waals surface area (Å²) in [7, 11) is 0. The van der Waals surface area contributed by atoms with Gasteiger partial charge in [-0.15, -0.1) is 0 Å². The first-order valence-corrected chi connectivity index (χ1v) is 36.9. The highest BCUT2D eigenvalue weighted by Crippen LogP contribution is 2.37. The largest absolute Gasteiger partial charge is 0.0622 e. The van der Waals surface area contributed by atoms with Gasteiger partial charge in [-0.05, 0) is 231 Å². The summed E-state index contributed by atoms with van der Waals surface area (Å²) in [5.74, 6) is -1.34. The van der Waals surface area contributed by atoms with Crippen LogP contribution in [0, 0.1) is 69.0 Å². The molecule has 0 aromatic heterocycles. The molecule has 0 heteroatoms. The quantitative estimate of drug-likeness (QED) is 0.135. The molecular formula is C112H126. The fourth-order valence-corrected chi connectivity index (χ4v) is 12.7. The molecule has 0 saturated heterocycles. The van der Waals surface area contributed by atoms with Crippen LogP contribution in [0.15, 0.2) is 334 Å². The molecule has 0 aliphatic heterocycles. The molecule has 0 N–H and O–H groups in total. The maximum Gasteiger partial charge on any atom is 0.0347 e. The van der Waals surface area contributed by atoms with E-state index in [0.717, 1.165) is 100 Å². The number of hydrogen-bond donors (Lipinski definition) is 0. The molecule has 0 aliphatic carbocycles. The SMILES string of the molecule is [2H]C(C)(C)c1cc(-c2ccccc2)cc(C([2H])(C)C)c1C.[2H]C([2H])([2H])C(c1cc(C)cc(-c2ccccc2)c1)(C([2H])([2H])[2H])C([2H])([2H])[2H].[2H]C([2H])([2H])C(c1ccc(-c2ccccc2)cc1C)(C([2H])([2H])[2H])C([2H])([2H])[2H].[2H]C([2H])([2H])C(c1ccc(C)cc1-c1ccccc1)(C([2H])([2H])[2H])C([2H])([2H])[2H].[2H]C([2H])([2H])c1cc(C)cc(-c2ccccc2)c1.[2H]C([2H])([2H])c1ccc(-c2ccccc2)cc1C.[2H]C([2H])([2H])c1ccc(C)cc1-c1ccccc1. The van der Waals surface area contributed by atoms with Crippen LogP contribution in [0.1, 0.15) is 237 Å². The van der Waals surface area contributed by atoms with E-state index in [4.69, 9.17) is 52.1 Å². The molecule has 14 aromatic rings. The van der Waals surface area contributed by atoms with Crippen LogP contribution < -0.4 is 0 Å². The Morgan fingerprint density at radius 2 is 0.562 bits per heavy atom. The zero-order valence-electron chi connectivity index (χ0n) is 104. The Labute approximate surface area is 731 Å². The van der Waals surface area contributed by atoms with Crippen molar-refractivity contribution in [1.29, 1.82) is 0 Å². The van der Waals surface area contributed by atoms with Gasteiger partial charge in [-0.25, -0.2) is 0 Å². The van der Waals surface area contributed by atoms with E-state index in [0.29, 0.717) is 44.5 Å². The van der Waals surface area contributed by atoms with Crippen molar-refractivity contribution >= 4 is 0 Å². The molecule has 0 spiro atoms. The lowest BCUT2D eigenvalue weighted by Gasteiger charge is -2.23. The van der Waals surface area contributed by atoms with Crippen LogP contribution in [-0.2, 0) is 16.2 Å². The lowest BCUT2D eigenvalue weighted by atomic mass is 9.81. The van der Waals surface area contributed by atoms with Crippen molar-refractivity contribution in [2.75, 3.05) is 0 Å². The topological polar surface area (TPSA) is 0 Å². The molecule has 574 valence electrons. The van der Waals surface area contributed by atoms with E-state index in [2.05, 4.69) is 24.3 Å². The van der Waals surface area contributed by atoms with Crippen molar-refractivity contribution < 1.29 is 52.1 Å². The summed E-state index contributed by atoms with van der Waals surface area (Å²) in [5.41, 5.74) is 11.1. The molecule has 0 aliphatic rings. The molecule has 0 atom stereocenters. The minimum Gasteiger partial charge on any atom is -0.0622 e. The predicted octanol–water partition coefficient (Wildman–Crippen LogP) is 32.7. The van der Waals surface area contributed by atoms with E-state index in [9.17, 15) is 0 Å². The number of benzene rings is 14. The van der Waals surface area contributed by atoms with E-state index in [1.807, 2.05) is 231 Å². The van der Waals surface area contributed by atoms with Crippen LogP contribution in [0.3, 0.4) is 0 Å². The molecular weight excluding hydrogens is 1350 g/mol. The Balaban J connectivity index is 0.000000215. The molecule has 0 unspecified atom stereocenters. The summed E-state index contributed by atoms with van der Waals surface area (Å²) >= 11 is 0. The van der Waals surface area contributed by atoms with Gasteiger partial charge in [0, 0.05) is 52.1 Å². The molecule has 0 heterocycles. The van der Waals surface area contributed by atoms with Gasteiger partial charge in [-0.2, -0.15) is 0 Å². The second-order valence-corrected chi connectivity index (χ2v) is 28.3. The third kappa shape index (κ3) is 26.1. The number of aryl methyl sites for hydroxylation is 9. The lowest BCUT2D eigenvalue weighted by molar-refractivity contribution is 0.586. The van der Waals surface area contributed by atoms with Crippen LogP contribution >= 0.6 is 0 Å². The van der Waals surface area contributed by atoms with Crippen molar-refractivity contribution in [2.24, 2.45) is 0 Å². The maximum atomic E-state index is 8.41. The maximum absolute atomic E-state index is 8.41. The average Bonchev–Trinajstić information content (AvgIpc) is 0.707. The van der Waals surface area contributed by atoms with Crippen molar-refractivity contribution in [2.45, 2.75) is 186 Å². The average molecular weight is 1510 g/mol. The van der Waals surface area contributed by atoms with Gasteiger partial charge in [-0.1, -0.05) is 451 Å². The Bertz CT molecular complexity index is 6620. The summed E-state index contributed by atoms with van der Waals surface area (Å²) in [5, 5.41) is 0. The van der Waals surface area contributed by atoms with Crippen LogP contribution in [0.4, 0.5) is 0 Å². The van der Waals surface area contributed by atoms with Gasteiger partial charge >= 0.3 is 0 Å². The second-order valence-electron chi connectivity index (χ2n) is 28.3. The number of rotatable bonds is 9. The smallest absolute Gasteiger partial charge is 0.0347 e. The second kappa shape index (κ2) is 40.9. The molecule has 112 heavy (non-hydrogen) atoms. The summed E-state index contributed by atoms with van der Waals surface area (Å²) in [6, 6.07) is 101. The van der Waals surface area contributed by atoms with Crippen LogP contribution in [0.25, 0.3) is 77.9 Å². The van der Waals surface area contributed by atoms with Crippen LogP contribution in [0.5, 0.6) is 0 Å². The fraction of sp³-hybridized carbons (Fsp3) is 0.250. The van der Waals surface area contributed by atoms with Gasteiger partial charge in [0.25, 0.3) is 0 Å². The van der Waals surface area contributed by atoms with Gasteiger partial charge in [0.2, 0.25) is 0 Å².